The Balaban J connectivity index is 1.51. The number of carbonyl (C=O) groups is 1. The summed E-state index contributed by atoms with van der Waals surface area (Å²) in [6.45, 7) is 9.15. The summed E-state index contributed by atoms with van der Waals surface area (Å²) in [5, 5.41) is 0. The molecule has 3 heterocycles. The monoisotopic (exact) mass is 404 g/mol. The van der Waals surface area contributed by atoms with Crippen molar-refractivity contribution in [2.45, 2.75) is 25.8 Å². The Kier molecular flexibility index (Phi) is 7.46. The second-order valence-electron chi connectivity index (χ2n) is 7.34. The Hall–Kier alpha value is -0.780. The molecule has 9 nitrogen and oxygen atoms in total. The highest BCUT2D eigenvalue weighted by Crippen LogP contribution is 2.22. The van der Waals surface area contributed by atoms with Crippen LogP contribution in [-0.4, -0.2) is 118 Å². The van der Waals surface area contributed by atoms with E-state index in [0.717, 1.165) is 39.3 Å². The molecule has 0 aliphatic carbocycles. The Morgan fingerprint density at radius 3 is 2.26 bits per heavy atom. The maximum Gasteiger partial charge on any atom is 0.282 e. The Morgan fingerprint density at radius 1 is 1.00 bits per heavy atom. The number of amides is 1. The summed E-state index contributed by atoms with van der Waals surface area (Å²) >= 11 is 0. The molecule has 0 saturated carbocycles. The van der Waals surface area contributed by atoms with Crippen LogP contribution < -0.4 is 0 Å². The number of carbonyl (C=O) groups excluding carboxylic acids is 1. The van der Waals surface area contributed by atoms with Gasteiger partial charge in [0.05, 0.1) is 26.4 Å². The van der Waals surface area contributed by atoms with Crippen LogP contribution in [0, 0.1) is 0 Å². The molecule has 0 N–H and O–H groups in total. The summed E-state index contributed by atoms with van der Waals surface area (Å²) in [6.07, 6.45) is 1.59. The minimum atomic E-state index is -3.46. The first-order valence-electron chi connectivity index (χ1n) is 9.89. The minimum absolute atomic E-state index is 0.0209. The van der Waals surface area contributed by atoms with E-state index in [1.165, 1.54) is 8.61 Å². The lowest BCUT2D eigenvalue weighted by atomic mass is 10.2. The van der Waals surface area contributed by atoms with E-state index in [2.05, 4.69) is 4.90 Å². The standard InChI is InChI=1S/C17H32N4O5S/c1-16(22)21(5-2-4-18-7-11-25-12-8-18)17-3-6-20(15-17)27(23,24)19-9-13-26-14-10-19/h17H,2-15H2,1H3. The van der Waals surface area contributed by atoms with Gasteiger partial charge >= 0.3 is 0 Å². The van der Waals surface area contributed by atoms with Crippen LogP contribution in [0.4, 0.5) is 0 Å². The average Bonchev–Trinajstić information content (AvgIpc) is 3.17. The Bertz CT molecular complexity index is 590. The van der Waals surface area contributed by atoms with Crippen molar-refractivity contribution in [3.8, 4) is 0 Å². The van der Waals surface area contributed by atoms with Crippen molar-refractivity contribution in [1.82, 2.24) is 18.4 Å². The van der Waals surface area contributed by atoms with E-state index in [1.807, 2.05) is 4.90 Å². The summed E-state index contributed by atoms with van der Waals surface area (Å²) in [6, 6.07) is -0.0389. The zero-order valence-corrected chi connectivity index (χ0v) is 17.0. The van der Waals surface area contributed by atoms with E-state index in [1.54, 1.807) is 6.92 Å². The Morgan fingerprint density at radius 2 is 1.63 bits per heavy atom. The fraction of sp³-hybridized carbons (Fsp3) is 0.941. The zero-order valence-electron chi connectivity index (χ0n) is 16.2. The molecule has 1 unspecified atom stereocenters. The molecular weight excluding hydrogens is 372 g/mol. The fourth-order valence-electron chi connectivity index (χ4n) is 4.00. The molecule has 3 fully saturated rings. The van der Waals surface area contributed by atoms with E-state index in [9.17, 15) is 13.2 Å². The van der Waals surface area contributed by atoms with Crippen LogP contribution >= 0.6 is 0 Å². The molecule has 10 heteroatoms. The third-order valence-electron chi connectivity index (χ3n) is 5.57. The number of ether oxygens (including phenoxy) is 2. The van der Waals surface area contributed by atoms with Gasteiger partial charge in [-0.3, -0.25) is 9.69 Å². The van der Waals surface area contributed by atoms with Crippen LogP contribution in [0.2, 0.25) is 0 Å². The van der Waals surface area contributed by atoms with E-state index in [4.69, 9.17) is 9.47 Å². The summed E-state index contributed by atoms with van der Waals surface area (Å²) in [5.41, 5.74) is 0. The number of hydrogen-bond acceptors (Lipinski definition) is 6. The van der Waals surface area contributed by atoms with Gasteiger partial charge in [-0.05, 0) is 12.8 Å². The third kappa shape index (κ3) is 5.39. The maximum absolute atomic E-state index is 12.8. The molecule has 27 heavy (non-hydrogen) atoms. The highest BCUT2D eigenvalue weighted by molar-refractivity contribution is 7.86. The molecule has 3 rings (SSSR count). The summed E-state index contributed by atoms with van der Waals surface area (Å²) < 4.78 is 39.3. The van der Waals surface area contributed by atoms with E-state index in [-0.39, 0.29) is 11.9 Å². The van der Waals surface area contributed by atoms with Gasteiger partial charge in [-0.1, -0.05) is 0 Å². The van der Waals surface area contributed by atoms with Crippen molar-refractivity contribution in [3.63, 3.8) is 0 Å². The van der Waals surface area contributed by atoms with Crippen molar-refractivity contribution in [2.24, 2.45) is 0 Å². The van der Waals surface area contributed by atoms with Crippen molar-refractivity contribution < 1.29 is 22.7 Å². The zero-order chi connectivity index (χ0) is 19.3. The highest BCUT2D eigenvalue weighted by atomic mass is 32.2. The molecule has 0 spiro atoms. The van der Waals surface area contributed by atoms with Gasteiger partial charge in [-0.25, -0.2) is 0 Å². The molecular formula is C17H32N4O5S. The lowest BCUT2D eigenvalue weighted by Crippen LogP contribution is -2.49. The van der Waals surface area contributed by atoms with Crippen LogP contribution in [0.15, 0.2) is 0 Å². The van der Waals surface area contributed by atoms with Gasteiger partial charge in [0.2, 0.25) is 5.91 Å². The molecule has 0 aromatic rings. The minimum Gasteiger partial charge on any atom is -0.379 e. The van der Waals surface area contributed by atoms with Gasteiger partial charge in [0, 0.05) is 65.3 Å². The first-order chi connectivity index (χ1) is 13.0. The van der Waals surface area contributed by atoms with Gasteiger partial charge in [0.1, 0.15) is 0 Å². The summed E-state index contributed by atoms with van der Waals surface area (Å²) in [7, 11) is -3.46. The van der Waals surface area contributed by atoms with Crippen molar-refractivity contribution >= 4 is 16.1 Å². The molecule has 3 saturated heterocycles. The fourth-order valence-corrected chi connectivity index (χ4v) is 5.64. The van der Waals surface area contributed by atoms with Crippen molar-refractivity contribution in [2.75, 3.05) is 78.8 Å². The molecule has 1 atom stereocenters. The van der Waals surface area contributed by atoms with Crippen LogP contribution in [0.5, 0.6) is 0 Å². The summed E-state index contributed by atoms with van der Waals surface area (Å²) in [5.74, 6) is 0.0209. The molecule has 3 aliphatic heterocycles. The number of hydrogen-bond donors (Lipinski definition) is 0. The van der Waals surface area contributed by atoms with Crippen molar-refractivity contribution in [3.05, 3.63) is 0 Å². The van der Waals surface area contributed by atoms with E-state index < -0.39 is 10.2 Å². The lowest BCUT2D eigenvalue weighted by Gasteiger charge is -2.32. The first kappa shape index (κ1) is 20.9. The molecule has 0 radical (unpaired) electrons. The van der Waals surface area contributed by atoms with E-state index >= 15 is 0 Å². The quantitative estimate of drug-likeness (QED) is 0.553. The number of morpholine rings is 2. The third-order valence-corrected chi connectivity index (χ3v) is 7.57. The lowest BCUT2D eigenvalue weighted by molar-refractivity contribution is -0.131. The molecule has 3 aliphatic rings. The SMILES string of the molecule is CC(=O)N(CCCN1CCOCC1)C1CCN(S(=O)(=O)N2CCOCC2)C1. The van der Waals surface area contributed by atoms with Crippen LogP contribution in [0.1, 0.15) is 19.8 Å². The Labute approximate surface area is 162 Å². The van der Waals surface area contributed by atoms with E-state index in [0.29, 0.717) is 52.4 Å². The number of rotatable bonds is 7. The van der Waals surface area contributed by atoms with Crippen molar-refractivity contribution in [1.29, 1.82) is 0 Å². The van der Waals surface area contributed by atoms with Gasteiger partial charge in [0.15, 0.2) is 0 Å². The first-order valence-corrected chi connectivity index (χ1v) is 11.3. The predicted molar refractivity (Wildman–Crippen MR) is 101 cm³/mol. The largest absolute Gasteiger partial charge is 0.379 e. The van der Waals surface area contributed by atoms with Gasteiger partial charge < -0.3 is 14.4 Å². The highest BCUT2D eigenvalue weighted by Gasteiger charge is 2.38. The van der Waals surface area contributed by atoms with Gasteiger partial charge in [0.25, 0.3) is 10.2 Å². The smallest absolute Gasteiger partial charge is 0.282 e. The van der Waals surface area contributed by atoms with Gasteiger partial charge in [-0.15, -0.1) is 0 Å². The second-order valence-corrected chi connectivity index (χ2v) is 9.27. The van der Waals surface area contributed by atoms with Crippen LogP contribution in [0.3, 0.4) is 0 Å². The van der Waals surface area contributed by atoms with Crippen LogP contribution in [-0.2, 0) is 24.5 Å². The van der Waals surface area contributed by atoms with Gasteiger partial charge in [-0.2, -0.15) is 17.0 Å². The molecule has 0 bridgehead atoms. The second kappa shape index (κ2) is 9.62. The topological polar surface area (TPSA) is 82.6 Å². The van der Waals surface area contributed by atoms with Crippen LogP contribution in [0.25, 0.3) is 0 Å². The molecule has 0 aromatic carbocycles. The average molecular weight is 405 g/mol. The molecule has 0 aromatic heterocycles. The number of nitrogens with zero attached hydrogens (tertiary/aromatic N) is 4. The molecule has 1 amide bonds. The normalized spacial score (nSPS) is 26.3. The predicted octanol–water partition coefficient (Wildman–Crippen LogP) is -0.791. The maximum atomic E-state index is 12.8. The summed E-state index contributed by atoms with van der Waals surface area (Å²) in [4.78, 5) is 16.4. The molecule has 156 valence electrons.